The highest BCUT2D eigenvalue weighted by atomic mass is 32.2. The van der Waals surface area contributed by atoms with Crippen LogP contribution in [0.1, 0.15) is 27.3 Å². The number of hydrogen-bond donors (Lipinski definition) is 0. The SMILES string of the molecule is COC(=O)c1ccccc1S(=O)(=O)N(C)Cc1c(C)nn(-c2ccccc2)c1C. The second-order valence-corrected chi connectivity index (χ2v) is 8.66. The van der Waals surface area contributed by atoms with Crippen LogP contribution in [0.25, 0.3) is 5.69 Å². The number of esters is 1. The maximum atomic E-state index is 13.2. The van der Waals surface area contributed by atoms with Gasteiger partial charge in [-0.05, 0) is 38.1 Å². The molecule has 3 aromatic rings. The number of methoxy groups -OCH3 is 1. The van der Waals surface area contributed by atoms with E-state index in [0.717, 1.165) is 22.6 Å². The smallest absolute Gasteiger partial charge is 0.339 e. The zero-order chi connectivity index (χ0) is 21.2. The van der Waals surface area contributed by atoms with E-state index in [2.05, 4.69) is 5.10 Å². The van der Waals surface area contributed by atoms with Crippen LogP contribution in [0.2, 0.25) is 0 Å². The number of aromatic nitrogens is 2. The molecule has 8 heteroatoms. The third-order valence-corrected chi connectivity index (χ3v) is 6.66. The molecule has 0 radical (unpaired) electrons. The molecule has 0 aliphatic carbocycles. The zero-order valence-corrected chi connectivity index (χ0v) is 17.6. The predicted molar refractivity (Wildman–Crippen MR) is 109 cm³/mol. The Bertz CT molecular complexity index is 1140. The van der Waals surface area contributed by atoms with E-state index >= 15 is 0 Å². The monoisotopic (exact) mass is 413 g/mol. The largest absolute Gasteiger partial charge is 0.465 e. The highest BCUT2D eigenvalue weighted by Gasteiger charge is 2.28. The Kier molecular flexibility index (Phi) is 5.86. The van der Waals surface area contributed by atoms with E-state index in [4.69, 9.17) is 4.74 Å². The summed E-state index contributed by atoms with van der Waals surface area (Å²) < 4.78 is 34.1. The molecule has 0 N–H and O–H groups in total. The topological polar surface area (TPSA) is 81.5 Å². The van der Waals surface area contributed by atoms with Gasteiger partial charge in [0.25, 0.3) is 0 Å². The first-order valence-corrected chi connectivity index (χ1v) is 10.5. The Hall–Kier alpha value is -2.97. The summed E-state index contributed by atoms with van der Waals surface area (Å²) in [6.45, 7) is 3.89. The summed E-state index contributed by atoms with van der Waals surface area (Å²) >= 11 is 0. The first kappa shape index (κ1) is 20.8. The lowest BCUT2D eigenvalue weighted by Gasteiger charge is -2.19. The van der Waals surface area contributed by atoms with E-state index in [9.17, 15) is 13.2 Å². The highest BCUT2D eigenvalue weighted by molar-refractivity contribution is 7.89. The molecule has 0 aliphatic rings. The molecule has 3 rings (SSSR count). The first-order valence-electron chi connectivity index (χ1n) is 9.01. The van der Waals surface area contributed by atoms with Crippen molar-refractivity contribution in [3.05, 3.63) is 77.1 Å². The van der Waals surface area contributed by atoms with Gasteiger partial charge >= 0.3 is 5.97 Å². The minimum atomic E-state index is -3.92. The van der Waals surface area contributed by atoms with Crippen LogP contribution in [0, 0.1) is 13.8 Å². The number of para-hydroxylation sites is 1. The van der Waals surface area contributed by atoms with Gasteiger partial charge in [0.1, 0.15) is 0 Å². The summed E-state index contributed by atoms with van der Waals surface area (Å²) in [4.78, 5) is 11.9. The van der Waals surface area contributed by atoms with Crippen molar-refractivity contribution in [3.63, 3.8) is 0 Å². The van der Waals surface area contributed by atoms with Crippen molar-refractivity contribution in [2.24, 2.45) is 0 Å². The number of carbonyl (C=O) groups excluding carboxylic acids is 1. The molecule has 0 fully saturated rings. The van der Waals surface area contributed by atoms with Gasteiger partial charge in [-0.25, -0.2) is 17.9 Å². The number of benzene rings is 2. The lowest BCUT2D eigenvalue weighted by molar-refractivity contribution is 0.0596. The van der Waals surface area contributed by atoms with Crippen molar-refractivity contribution < 1.29 is 17.9 Å². The van der Waals surface area contributed by atoms with Gasteiger partial charge in [0.2, 0.25) is 10.0 Å². The van der Waals surface area contributed by atoms with Gasteiger partial charge in [-0.3, -0.25) is 0 Å². The molecule has 0 saturated heterocycles. The van der Waals surface area contributed by atoms with Gasteiger partial charge in [0.05, 0.1) is 29.0 Å². The Labute approximate surface area is 170 Å². The molecule has 1 heterocycles. The number of aryl methyl sites for hydroxylation is 1. The average Bonchev–Trinajstić information content (AvgIpc) is 3.02. The molecule has 29 heavy (non-hydrogen) atoms. The van der Waals surface area contributed by atoms with Crippen molar-refractivity contribution in [3.8, 4) is 5.69 Å². The van der Waals surface area contributed by atoms with Gasteiger partial charge in [-0.1, -0.05) is 30.3 Å². The highest BCUT2D eigenvalue weighted by Crippen LogP contribution is 2.24. The molecule has 0 saturated carbocycles. The van der Waals surface area contributed by atoms with E-state index in [1.807, 2.05) is 44.2 Å². The van der Waals surface area contributed by atoms with Crippen LogP contribution in [-0.4, -0.2) is 42.6 Å². The molecular weight excluding hydrogens is 390 g/mol. The molecule has 0 aliphatic heterocycles. The van der Waals surface area contributed by atoms with Crippen LogP contribution in [0.4, 0.5) is 0 Å². The third-order valence-electron chi connectivity index (χ3n) is 4.80. The minimum absolute atomic E-state index is 0.00951. The van der Waals surface area contributed by atoms with E-state index < -0.39 is 16.0 Å². The maximum absolute atomic E-state index is 13.2. The standard InChI is InChI=1S/C21H23N3O4S/c1-15-19(16(2)24(22-15)17-10-6-5-7-11-17)14-23(3)29(26,27)20-13-9-8-12-18(20)21(25)28-4/h5-13H,14H2,1-4H3. The summed E-state index contributed by atoms with van der Waals surface area (Å²) in [5, 5.41) is 4.57. The van der Waals surface area contributed by atoms with Crippen molar-refractivity contribution in [2.75, 3.05) is 14.2 Å². The number of sulfonamides is 1. The van der Waals surface area contributed by atoms with Crippen molar-refractivity contribution in [2.45, 2.75) is 25.3 Å². The van der Waals surface area contributed by atoms with E-state index in [0.29, 0.717) is 0 Å². The number of hydrogen-bond acceptors (Lipinski definition) is 5. The number of ether oxygens (including phenoxy) is 1. The fourth-order valence-corrected chi connectivity index (χ4v) is 4.48. The Morgan fingerprint density at radius 2 is 1.69 bits per heavy atom. The van der Waals surface area contributed by atoms with Gasteiger partial charge in [0.15, 0.2) is 0 Å². The summed E-state index contributed by atoms with van der Waals surface area (Å²) in [7, 11) is -1.21. The molecule has 0 spiro atoms. The van der Waals surface area contributed by atoms with Crippen LogP contribution in [0.5, 0.6) is 0 Å². The summed E-state index contributed by atoms with van der Waals surface area (Å²) in [5.74, 6) is -0.693. The van der Waals surface area contributed by atoms with Crippen LogP contribution >= 0.6 is 0 Å². The van der Waals surface area contributed by atoms with Gasteiger partial charge in [0, 0.05) is 24.8 Å². The van der Waals surface area contributed by atoms with Gasteiger partial charge < -0.3 is 4.74 Å². The molecule has 0 atom stereocenters. The Morgan fingerprint density at radius 1 is 1.07 bits per heavy atom. The number of nitrogens with zero attached hydrogens (tertiary/aromatic N) is 3. The fraction of sp³-hybridized carbons (Fsp3) is 0.238. The van der Waals surface area contributed by atoms with Crippen LogP contribution < -0.4 is 0 Å². The van der Waals surface area contributed by atoms with E-state index in [1.165, 1.54) is 30.6 Å². The molecule has 0 bridgehead atoms. The maximum Gasteiger partial charge on any atom is 0.339 e. The second kappa shape index (κ2) is 8.18. The number of carbonyl (C=O) groups is 1. The van der Waals surface area contributed by atoms with Crippen LogP contribution in [-0.2, 0) is 21.3 Å². The van der Waals surface area contributed by atoms with Crippen molar-refractivity contribution >= 4 is 16.0 Å². The predicted octanol–water partition coefficient (Wildman–Crippen LogP) is 3.10. The summed E-state index contributed by atoms with van der Waals surface area (Å²) in [6.07, 6.45) is 0. The van der Waals surface area contributed by atoms with Gasteiger partial charge in [-0.2, -0.15) is 9.40 Å². The summed E-state index contributed by atoms with van der Waals surface area (Å²) in [5.41, 5.74) is 3.33. The third kappa shape index (κ3) is 3.94. The number of rotatable bonds is 6. The van der Waals surface area contributed by atoms with Gasteiger partial charge in [-0.15, -0.1) is 0 Å². The molecule has 1 aromatic heterocycles. The van der Waals surface area contributed by atoms with Crippen molar-refractivity contribution in [1.29, 1.82) is 0 Å². The fourth-order valence-electron chi connectivity index (χ4n) is 3.17. The van der Waals surface area contributed by atoms with Crippen LogP contribution in [0.15, 0.2) is 59.5 Å². The normalized spacial score (nSPS) is 11.6. The Balaban J connectivity index is 1.96. The van der Waals surface area contributed by atoms with Crippen LogP contribution in [0.3, 0.4) is 0 Å². The van der Waals surface area contributed by atoms with E-state index in [-0.39, 0.29) is 17.0 Å². The molecule has 0 unspecified atom stereocenters. The molecule has 7 nitrogen and oxygen atoms in total. The molecule has 2 aromatic carbocycles. The zero-order valence-electron chi connectivity index (χ0n) is 16.8. The lowest BCUT2D eigenvalue weighted by atomic mass is 10.2. The average molecular weight is 413 g/mol. The minimum Gasteiger partial charge on any atom is -0.465 e. The second-order valence-electron chi connectivity index (χ2n) is 6.65. The first-order chi connectivity index (χ1) is 13.8. The lowest BCUT2D eigenvalue weighted by Crippen LogP contribution is -2.28. The molecule has 152 valence electrons. The van der Waals surface area contributed by atoms with E-state index in [1.54, 1.807) is 16.8 Å². The molecular formula is C21H23N3O4S. The quantitative estimate of drug-likeness (QED) is 0.580. The Morgan fingerprint density at radius 3 is 2.34 bits per heavy atom. The molecule has 0 amide bonds. The summed E-state index contributed by atoms with van der Waals surface area (Å²) in [6, 6.07) is 15.7. The van der Waals surface area contributed by atoms with Crippen molar-refractivity contribution in [1.82, 2.24) is 14.1 Å².